The van der Waals surface area contributed by atoms with Crippen molar-refractivity contribution in [2.45, 2.75) is 19.1 Å². The average Bonchev–Trinajstić information content (AvgIpc) is 3.02. The van der Waals surface area contributed by atoms with Gasteiger partial charge in [-0.05, 0) is 18.2 Å². The van der Waals surface area contributed by atoms with Gasteiger partial charge in [-0.1, -0.05) is 18.2 Å². The Balaban J connectivity index is 1.72. The molecule has 26 heavy (non-hydrogen) atoms. The number of alkyl halides is 3. The van der Waals surface area contributed by atoms with Gasteiger partial charge in [-0.3, -0.25) is 9.20 Å². The molecule has 0 bridgehead atoms. The monoisotopic (exact) mass is 364 g/mol. The van der Waals surface area contributed by atoms with Gasteiger partial charge in [0.15, 0.2) is 11.5 Å². The highest BCUT2D eigenvalue weighted by molar-refractivity contribution is 5.79. The Bertz CT molecular complexity index is 937. The smallest absolute Gasteiger partial charge is 0.417 e. The van der Waals surface area contributed by atoms with Crippen molar-refractivity contribution in [3.8, 4) is 5.75 Å². The molecule has 0 aliphatic carbocycles. The average molecular weight is 364 g/mol. The van der Waals surface area contributed by atoms with Crippen LogP contribution in [0.4, 0.5) is 13.2 Å². The van der Waals surface area contributed by atoms with Gasteiger partial charge < -0.3 is 10.1 Å². The maximum absolute atomic E-state index is 12.8. The van der Waals surface area contributed by atoms with E-state index >= 15 is 0 Å². The second-order valence-electron chi connectivity index (χ2n) is 5.53. The van der Waals surface area contributed by atoms with Crippen LogP contribution < -0.4 is 10.1 Å². The SMILES string of the molecule is COc1ccccc1CC(=O)NCc1nnc2ccc(C(F)(F)F)cn12. The molecule has 1 N–H and O–H groups in total. The van der Waals surface area contributed by atoms with Crippen molar-refractivity contribution in [3.05, 3.63) is 59.5 Å². The molecule has 0 spiro atoms. The molecule has 3 aromatic rings. The molecule has 136 valence electrons. The summed E-state index contributed by atoms with van der Waals surface area (Å²) in [5.74, 6) is 0.489. The van der Waals surface area contributed by atoms with Gasteiger partial charge >= 0.3 is 6.18 Å². The Morgan fingerprint density at radius 1 is 1.19 bits per heavy atom. The quantitative estimate of drug-likeness (QED) is 0.756. The number of nitrogens with zero attached hydrogens (tertiary/aromatic N) is 3. The number of para-hydroxylation sites is 1. The summed E-state index contributed by atoms with van der Waals surface area (Å²) in [5.41, 5.74) is 0.163. The van der Waals surface area contributed by atoms with Crippen LogP contribution in [0.1, 0.15) is 17.0 Å². The summed E-state index contributed by atoms with van der Waals surface area (Å²) in [5, 5.41) is 10.3. The number of aromatic nitrogens is 3. The highest BCUT2D eigenvalue weighted by atomic mass is 19.4. The summed E-state index contributed by atoms with van der Waals surface area (Å²) in [6.45, 7) is -0.0452. The van der Waals surface area contributed by atoms with Gasteiger partial charge in [0.1, 0.15) is 5.75 Å². The second kappa shape index (κ2) is 7.03. The van der Waals surface area contributed by atoms with E-state index in [-0.39, 0.29) is 30.3 Å². The van der Waals surface area contributed by atoms with Gasteiger partial charge in [0.2, 0.25) is 5.91 Å². The number of ether oxygens (including phenoxy) is 1. The zero-order valence-electron chi connectivity index (χ0n) is 13.7. The fraction of sp³-hybridized carbons (Fsp3) is 0.235. The standard InChI is InChI=1S/C17H15F3N4O2/c1-26-13-5-3-2-4-11(13)8-16(25)21-9-15-23-22-14-7-6-12(10-24(14)15)17(18,19)20/h2-7,10H,8-9H2,1H3,(H,21,25). The Kier molecular flexibility index (Phi) is 4.79. The Morgan fingerprint density at radius 2 is 1.96 bits per heavy atom. The maximum atomic E-state index is 12.8. The molecule has 0 fully saturated rings. The largest absolute Gasteiger partial charge is 0.496 e. The van der Waals surface area contributed by atoms with E-state index in [1.807, 2.05) is 0 Å². The Morgan fingerprint density at radius 3 is 2.69 bits per heavy atom. The Labute approximate surface area is 146 Å². The van der Waals surface area contributed by atoms with E-state index < -0.39 is 11.7 Å². The molecule has 2 heterocycles. The molecule has 2 aromatic heterocycles. The summed E-state index contributed by atoms with van der Waals surface area (Å²) in [6.07, 6.45) is -3.48. The first-order valence-electron chi connectivity index (χ1n) is 7.68. The third-order valence-electron chi connectivity index (χ3n) is 3.79. The van der Waals surface area contributed by atoms with Crippen LogP contribution >= 0.6 is 0 Å². The van der Waals surface area contributed by atoms with Crippen molar-refractivity contribution in [3.63, 3.8) is 0 Å². The molecular weight excluding hydrogens is 349 g/mol. The van der Waals surface area contributed by atoms with Crippen LogP contribution in [0.25, 0.3) is 5.65 Å². The van der Waals surface area contributed by atoms with Crippen molar-refractivity contribution < 1.29 is 22.7 Å². The zero-order valence-corrected chi connectivity index (χ0v) is 13.7. The molecule has 0 aliphatic rings. The minimum Gasteiger partial charge on any atom is -0.496 e. The third kappa shape index (κ3) is 3.76. The molecule has 0 saturated heterocycles. The van der Waals surface area contributed by atoms with E-state index in [2.05, 4.69) is 15.5 Å². The lowest BCUT2D eigenvalue weighted by Gasteiger charge is -2.09. The third-order valence-corrected chi connectivity index (χ3v) is 3.79. The van der Waals surface area contributed by atoms with Crippen molar-refractivity contribution in [1.82, 2.24) is 19.9 Å². The van der Waals surface area contributed by atoms with E-state index in [1.54, 1.807) is 24.3 Å². The molecular formula is C17H15F3N4O2. The lowest BCUT2D eigenvalue weighted by atomic mass is 10.1. The molecule has 1 amide bonds. The second-order valence-corrected chi connectivity index (χ2v) is 5.53. The van der Waals surface area contributed by atoms with Crippen molar-refractivity contribution >= 4 is 11.6 Å². The first-order chi connectivity index (χ1) is 12.4. The van der Waals surface area contributed by atoms with E-state index in [4.69, 9.17) is 4.74 Å². The fourth-order valence-corrected chi connectivity index (χ4v) is 2.49. The van der Waals surface area contributed by atoms with Crippen LogP contribution in [0.15, 0.2) is 42.6 Å². The molecule has 6 nitrogen and oxygen atoms in total. The highest BCUT2D eigenvalue weighted by Crippen LogP contribution is 2.29. The van der Waals surface area contributed by atoms with Gasteiger partial charge in [0.25, 0.3) is 0 Å². The summed E-state index contributed by atoms with van der Waals surface area (Å²) in [4.78, 5) is 12.1. The molecule has 0 aliphatic heterocycles. The van der Waals surface area contributed by atoms with E-state index in [0.717, 1.165) is 12.3 Å². The number of carbonyl (C=O) groups excluding carboxylic acids is 1. The van der Waals surface area contributed by atoms with Crippen molar-refractivity contribution in [1.29, 1.82) is 0 Å². The van der Waals surface area contributed by atoms with Gasteiger partial charge in [-0.2, -0.15) is 13.2 Å². The van der Waals surface area contributed by atoms with Crippen molar-refractivity contribution in [2.24, 2.45) is 0 Å². The van der Waals surface area contributed by atoms with Crippen LogP contribution in [0, 0.1) is 0 Å². The molecule has 3 rings (SSSR count). The van der Waals surface area contributed by atoms with Gasteiger partial charge in [-0.15, -0.1) is 10.2 Å². The normalized spacial score (nSPS) is 11.5. The number of methoxy groups -OCH3 is 1. The van der Waals surface area contributed by atoms with Gasteiger partial charge in [0.05, 0.1) is 25.6 Å². The summed E-state index contributed by atoms with van der Waals surface area (Å²) in [6, 6.07) is 9.26. The van der Waals surface area contributed by atoms with Crippen LogP contribution in [0.2, 0.25) is 0 Å². The molecule has 9 heteroatoms. The number of hydrogen-bond donors (Lipinski definition) is 1. The lowest BCUT2D eigenvalue weighted by Crippen LogP contribution is -2.25. The van der Waals surface area contributed by atoms with Crippen molar-refractivity contribution in [2.75, 3.05) is 7.11 Å². The molecule has 0 unspecified atom stereocenters. The topological polar surface area (TPSA) is 68.5 Å². The predicted octanol–water partition coefficient (Wildman–Crippen LogP) is 2.62. The van der Waals surface area contributed by atoms with E-state index in [0.29, 0.717) is 11.3 Å². The van der Waals surface area contributed by atoms with Crippen LogP contribution in [0.5, 0.6) is 5.75 Å². The first kappa shape index (κ1) is 17.7. The molecule has 0 saturated carbocycles. The van der Waals surface area contributed by atoms with Crippen LogP contribution in [0.3, 0.4) is 0 Å². The minimum atomic E-state index is -4.47. The van der Waals surface area contributed by atoms with Crippen LogP contribution in [-0.4, -0.2) is 27.6 Å². The Hall–Kier alpha value is -3.10. The summed E-state index contributed by atoms with van der Waals surface area (Å²) in [7, 11) is 1.51. The number of benzene rings is 1. The number of pyridine rings is 1. The lowest BCUT2D eigenvalue weighted by molar-refractivity contribution is -0.137. The van der Waals surface area contributed by atoms with Crippen LogP contribution in [-0.2, 0) is 23.9 Å². The highest BCUT2D eigenvalue weighted by Gasteiger charge is 2.31. The number of halogens is 3. The minimum absolute atomic E-state index is 0.0452. The molecule has 1 aromatic carbocycles. The molecule has 0 radical (unpaired) electrons. The number of fused-ring (bicyclic) bond motifs is 1. The predicted molar refractivity (Wildman–Crippen MR) is 86.5 cm³/mol. The number of amides is 1. The summed E-state index contributed by atoms with van der Waals surface area (Å²) < 4.78 is 44.9. The van der Waals surface area contributed by atoms with Gasteiger partial charge in [0, 0.05) is 11.8 Å². The summed E-state index contributed by atoms with van der Waals surface area (Å²) >= 11 is 0. The van der Waals surface area contributed by atoms with E-state index in [9.17, 15) is 18.0 Å². The maximum Gasteiger partial charge on any atom is 0.417 e. The number of rotatable bonds is 5. The van der Waals surface area contributed by atoms with E-state index in [1.165, 1.54) is 17.6 Å². The number of hydrogen-bond acceptors (Lipinski definition) is 4. The number of nitrogens with one attached hydrogen (secondary N) is 1. The first-order valence-corrected chi connectivity index (χ1v) is 7.68. The fourth-order valence-electron chi connectivity index (χ4n) is 2.49. The number of carbonyl (C=O) groups is 1. The van der Waals surface area contributed by atoms with Gasteiger partial charge in [-0.25, -0.2) is 0 Å². The molecule has 0 atom stereocenters. The zero-order chi connectivity index (χ0) is 18.7.